The number of hydrogen-bond acceptors (Lipinski definition) is 26. The van der Waals surface area contributed by atoms with Crippen molar-refractivity contribution in [3.8, 4) is 0 Å². The van der Waals surface area contributed by atoms with Crippen LogP contribution in [0.4, 0.5) is 0 Å². The molecule has 3 aliphatic heterocycles. The molecular weight excluding hydrogens is 1940 g/mol. The maximum atomic E-state index is 14.8. The Labute approximate surface area is 867 Å². The van der Waals surface area contributed by atoms with E-state index in [-0.39, 0.29) is 79.9 Å². The molecule has 4 rings (SSSR count). The molecule has 0 aliphatic carbocycles. The Kier molecular flexibility index (Phi) is 53.1. The van der Waals surface area contributed by atoms with Gasteiger partial charge in [0.25, 0.3) is 23.6 Å². The highest BCUT2D eigenvalue weighted by Gasteiger charge is 2.44. The average Bonchev–Trinajstić information content (AvgIpc) is 1.66. The summed E-state index contributed by atoms with van der Waals surface area (Å²) in [4.78, 5) is 323. The van der Waals surface area contributed by atoms with Crippen LogP contribution in [0.15, 0.2) is 89.0 Å². The average molecular weight is 2100 g/mol. The van der Waals surface area contributed by atoms with E-state index >= 15 is 0 Å². The van der Waals surface area contributed by atoms with Gasteiger partial charge < -0.3 is 127 Å². The first kappa shape index (κ1) is 126. The summed E-state index contributed by atoms with van der Waals surface area (Å²) < 4.78 is 0. The largest absolute Gasteiger partial charge is 0.394 e. The highest BCUT2D eigenvalue weighted by molar-refractivity contribution is 8.02. The van der Waals surface area contributed by atoms with Crippen LogP contribution in [-0.2, 0) is 117 Å². The quantitative estimate of drug-likeness (QED) is 0.0284. The van der Waals surface area contributed by atoms with Gasteiger partial charge in [-0.1, -0.05) is 151 Å². The summed E-state index contributed by atoms with van der Waals surface area (Å²) >= 11 is 1.06. The lowest BCUT2D eigenvalue weighted by molar-refractivity contribution is -0.138. The zero-order valence-electron chi connectivity index (χ0n) is 88.3. The summed E-state index contributed by atoms with van der Waals surface area (Å²) in [7, 11) is 3.40. The fourth-order valence-electron chi connectivity index (χ4n) is 15.5. The van der Waals surface area contributed by atoms with Crippen molar-refractivity contribution in [1.82, 2.24) is 116 Å². The standard InChI is InChI=1S/C99H154N24O24S/c1-22-54(15)78(97(145)115-69-49-148-44-41-102-93(141)75(51(9)10)116-87(135)66(45-50(7)8)113-90(69)138)119-85(133)60(24-3)107-89(137)68(48-124)106-74(127)47-103-83(131)64(37-39-72(100)125)112-96(144)79(55(16)23-2)120-95(143)77(53(13)14)118-88(136)67(46-59-33-29-28-30-34-59)114-86(134)65(38-40-73(101)126)111-81(129)57(18)105-94(142)76(52(11)12)117-84(132)61(25-4)108-92(140)71-36-32-43-123(71)98(146)62(26-5)109-80(128)56(17)104-91(139)70-35-31-42-122(70)99(147)63(27-6)110-82(130)58(19)121(20)21/h24-30,33-34,41,44,50-58,64-71,75-79,124H,22-23,31-32,35-40,42-43,45-49H2,1-21H3,(H2,100,125)(H2,101,126)(H,102,141)(H,103,131)(H,104,139)(H,105,142)(H,106,127)(H,107,137)(H,108,140)(H,109,128)(H,110,130)(H,111,129)(H,112,144)(H,113,138)(H,114,134)(H,115,145)(H,116,135)(H,117,132)(H,118,136)(H,119,133)(H,120,143)/b44-41?,60-24-,61-25-,62-26+,63-27+. The van der Waals surface area contributed by atoms with E-state index in [9.17, 15) is 115 Å². The zero-order chi connectivity index (χ0) is 112. The lowest BCUT2D eigenvalue weighted by Crippen LogP contribution is -2.62. The van der Waals surface area contributed by atoms with Gasteiger partial charge in [0.2, 0.25) is 112 Å². The molecule has 148 heavy (non-hydrogen) atoms. The number of rotatable bonds is 53. The summed E-state index contributed by atoms with van der Waals surface area (Å²) in [6, 6.07) is -13.2. The molecule has 820 valence electrons. The highest BCUT2D eigenvalue weighted by Crippen LogP contribution is 2.25. The van der Waals surface area contributed by atoms with Crippen molar-refractivity contribution in [3.05, 3.63) is 94.6 Å². The highest BCUT2D eigenvalue weighted by atomic mass is 32.2. The molecule has 0 saturated carbocycles. The van der Waals surface area contributed by atoms with Crippen LogP contribution in [0.5, 0.6) is 0 Å². The molecule has 1 aromatic carbocycles. The summed E-state index contributed by atoms with van der Waals surface area (Å²) in [5, 5.41) is 60.4. The minimum absolute atomic E-state index is 0.0255. The molecule has 1 aromatic rings. The first-order valence-electron chi connectivity index (χ1n) is 49.8. The van der Waals surface area contributed by atoms with Crippen LogP contribution in [0.1, 0.15) is 208 Å². The summed E-state index contributed by atoms with van der Waals surface area (Å²) in [5.74, 6) is -23.3. The van der Waals surface area contributed by atoms with Crippen molar-refractivity contribution < 1.29 is 115 Å². The third kappa shape index (κ3) is 39.7. The zero-order valence-corrected chi connectivity index (χ0v) is 89.1. The van der Waals surface area contributed by atoms with Gasteiger partial charge in [0.05, 0.1) is 19.2 Å². The number of thioether (sulfide) groups is 1. The predicted molar refractivity (Wildman–Crippen MR) is 546 cm³/mol. The molecule has 49 heteroatoms. The van der Waals surface area contributed by atoms with Crippen LogP contribution in [-0.4, -0.2) is 298 Å². The van der Waals surface area contributed by atoms with Crippen LogP contribution >= 0.6 is 11.8 Å². The number of benzene rings is 1. The monoisotopic (exact) mass is 2100 g/mol. The van der Waals surface area contributed by atoms with Gasteiger partial charge in [0.15, 0.2) is 0 Å². The number of nitrogens with one attached hydrogen (secondary N) is 19. The van der Waals surface area contributed by atoms with Crippen LogP contribution in [0.3, 0.4) is 0 Å². The van der Waals surface area contributed by atoms with Gasteiger partial charge in [-0.2, -0.15) is 0 Å². The second-order valence-corrected chi connectivity index (χ2v) is 39.3. The number of likely N-dealkylation sites (N-methyl/N-ethyl adjacent to an activating group) is 1. The number of primary amides is 2. The minimum Gasteiger partial charge on any atom is -0.394 e. The Morgan fingerprint density at radius 1 is 0.480 bits per heavy atom. The van der Waals surface area contributed by atoms with E-state index in [0.29, 0.717) is 24.8 Å². The fourth-order valence-corrected chi connectivity index (χ4v) is 16.2. The normalized spacial score (nSPS) is 19.0. The van der Waals surface area contributed by atoms with E-state index in [2.05, 4.69) is 101 Å². The van der Waals surface area contributed by atoms with Crippen molar-refractivity contribution in [2.24, 2.45) is 47.0 Å². The Morgan fingerprint density at radius 2 is 0.939 bits per heavy atom. The molecule has 24 N–H and O–H groups in total. The van der Waals surface area contributed by atoms with Crippen molar-refractivity contribution >= 4 is 148 Å². The SMILES string of the molecule is C/C=C(\NC(=O)C(CO)NC(=O)CNC(=O)C(CCC(N)=O)NC(=O)C(NC(=O)C(NC(=O)C(Cc1ccccc1)NC(=O)C(CCC(N)=O)NC(=O)C(C)NC(=O)C(NC(=O)/C(=C/C)NC(=O)C1CCCN1C(=O)/C(=C\C)NC(=O)C(C)NC(=O)C1CCCN1C(=O)/C(=C\C)NC(=O)C(C)N(C)C)C(C)C)C(C)C)C(C)CC)C(=O)NC(C(=O)NC1CSC=CNC(=O)C(C(C)C)NC(=O)C(CC(C)C)NC1=O)C(C)CC. The third-order valence-corrected chi connectivity index (χ3v) is 26.0. The summed E-state index contributed by atoms with van der Waals surface area (Å²) in [6.45, 7) is 28.3. The van der Waals surface area contributed by atoms with Gasteiger partial charge in [-0.25, -0.2) is 0 Å². The van der Waals surface area contributed by atoms with Gasteiger partial charge >= 0.3 is 0 Å². The molecule has 0 radical (unpaired) electrons. The van der Waals surface area contributed by atoms with Gasteiger partial charge in [0, 0.05) is 44.3 Å². The first-order chi connectivity index (χ1) is 69.6. The molecule has 18 unspecified atom stereocenters. The molecule has 0 spiro atoms. The third-order valence-electron chi connectivity index (χ3n) is 25.2. The van der Waals surface area contributed by atoms with Gasteiger partial charge in [-0.15, -0.1) is 11.8 Å². The van der Waals surface area contributed by atoms with Crippen LogP contribution in [0.2, 0.25) is 0 Å². The number of carbonyl (C=O) groups is 23. The van der Waals surface area contributed by atoms with E-state index in [1.807, 2.05) is 13.8 Å². The van der Waals surface area contributed by atoms with Crippen LogP contribution in [0.25, 0.3) is 0 Å². The Hall–Kier alpha value is -14.0. The Bertz CT molecular complexity index is 5080. The molecule has 3 aliphatic rings. The Morgan fingerprint density at radius 3 is 1.45 bits per heavy atom. The van der Waals surface area contributed by atoms with E-state index in [1.165, 1.54) is 74.3 Å². The smallest absolute Gasteiger partial charge is 0.270 e. The van der Waals surface area contributed by atoms with Crippen molar-refractivity contribution in [1.29, 1.82) is 0 Å². The number of aliphatic hydroxyl groups excluding tert-OH is 1. The number of aliphatic hydroxyl groups is 1. The van der Waals surface area contributed by atoms with Crippen LogP contribution in [0, 0.1) is 35.5 Å². The lowest BCUT2D eigenvalue weighted by Gasteiger charge is -2.30. The molecule has 0 bridgehead atoms. The van der Waals surface area contributed by atoms with E-state index in [0.717, 1.165) is 17.8 Å². The topological polar surface area (TPSA) is 703 Å². The minimum atomic E-state index is -1.81. The number of nitrogens with two attached hydrogens (primary N) is 2. The first-order valence-corrected chi connectivity index (χ1v) is 50.9. The predicted octanol–water partition coefficient (Wildman–Crippen LogP) is -3.34. The molecule has 2 fully saturated rings. The second kappa shape index (κ2) is 62.2. The molecule has 0 aromatic heterocycles. The number of carbonyl (C=O) groups excluding carboxylic acids is 23. The van der Waals surface area contributed by atoms with E-state index in [4.69, 9.17) is 11.5 Å². The van der Waals surface area contributed by atoms with E-state index < -0.39 is 301 Å². The number of hydrogen-bond donors (Lipinski definition) is 22. The summed E-state index contributed by atoms with van der Waals surface area (Å²) in [5.41, 5.74) is 10.4. The number of likely N-dealkylation sites (tertiary alicyclic amines) is 2. The van der Waals surface area contributed by atoms with Gasteiger partial charge in [0.1, 0.15) is 113 Å². The molecular formula is C99H154N24O24S. The number of allylic oxidation sites excluding steroid dienone is 4. The van der Waals surface area contributed by atoms with Crippen molar-refractivity contribution in [2.75, 3.05) is 46.1 Å². The Balaban J connectivity index is 1.45. The molecule has 23 amide bonds. The molecule has 3 heterocycles. The van der Waals surface area contributed by atoms with Crippen molar-refractivity contribution in [3.63, 3.8) is 0 Å². The summed E-state index contributed by atoms with van der Waals surface area (Å²) in [6.07, 6.45) is 6.05. The van der Waals surface area contributed by atoms with Crippen LogP contribution < -0.4 is 112 Å². The molecule has 2 saturated heterocycles. The lowest BCUT2D eigenvalue weighted by atomic mass is 9.95. The van der Waals surface area contributed by atoms with Gasteiger partial charge in [-0.05, 0) is 154 Å². The maximum Gasteiger partial charge on any atom is 0.270 e. The van der Waals surface area contributed by atoms with E-state index in [1.54, 1.807) is 132 Å². The number of nitrogens with zero attached hydrogens (tertiary/aromatic N) is 3. The molecule has 48 nitrogen and oxygen atoms in total. The van der Waals surface area contributed by atoms with Gasteiger partial charge in [-0.3, -0.25) is 115 Å². The fraction of sp³-hybridized carbons (Fsp3) is 0.606. The number of amides is 23. The maximum absolute atomic E-state index is 14.8. The second-order valence-electron chi connectivity index (χ2n) is 38.3. The van der Waals surface area contributed by atoms with Crippen molar-refractivity contribution in [2.45, 2.75) is 305 Å². The molecule has 18 atom stereocenters.